The lowest BCUT2D eigenvalue weighted by molar-refractivity contribution is 0.536. The van der Waals surface area contributed by atoms with E-state index in [1.165, 1.54) is 12.8 Å². The summed E-state index contributed by atoms with van der Waals surface area (Å²) >= 11 is 0. The molecule has 1 fully saturated rings. The van der Waals surface area contributed by atoms with E-state index in [0.29, 0.717) is 5.92 Å². The number of rotatable bonds is 4. The van der Waals surface area contributed by atoms with Crippen LogP contribution in [-0.2, 0) is 0 Å². The minimum atomic E-state index is -0.0188. The maximum absolute atomic E-state index is 11.9. The Morgan fingerprint density at radius 1 is 1.39 bits per heavy atom. The quantitative estimate of drug-likeness (QED) is 0.865. The molecule has 1 aliphatic rings. The molecular formula is C15H18N2O. The molecule has 0 spiro atoms. The number of aromatic amines is 1. The van der Waals surface area contributed by atoms with Crippen molar-refractivity contribution in [2.45, 2.75) is 19.8 Å². The number of fused-ring (bicyclic) bond motifs is 1. The van der Waals surface area contributed by atoms with Crippen LogP contribution in [0.15, 0.2) is 35.1 Å². The van der Waals surface area contributed by atoms with Crippen LogP contribution in [-0.4, -0.2) is 11.5 Å². The van der Waals surface area contributed by atoms with Gasteiger partial charge in [0, 0.05) is 11.9 Å². The van der Waals surface area contributed by atoms with Gasteiger partial charge >= 0.3 is 0 Å². The van der Waals surface area contributed by atoms with E-state index >= 15 is 0 Å². The molecule has 2 aromatic rings. The number of anilines is 1. The van der Waals surface area contributed by atoms with Gasteiger partial charge in [-0.05, 0) is 42.2 Å². The maximum atomic E-state index is 11.9. The van der Waals surface area contributed by atoms with Gasteiger partial charge in [-0.3, -0.25) is 4.79 Å². The summed E-state index contributed by atoms with van der Waals surface area (Å²) in [6, 6.07) is 9.68. The number of aromatic nitrogens is 1. The molecule has 1 aliphatic carbocycles. The first-order chi connectivity index (χ1) is 8.74. The Bertz CT molecular complexity index is 613. The van der Waals surface area contributed by atoms with Gasteiger partial charge in [0.05, 0.1) is 0 Å². The van der Waals surface area contributed by atoms with Crippen molar-refractivity contribution in [2.75, 3.05) is 11.9 Å². The lowest BCUT2D eigenvalue weighted by Gasteiger charge is -2.12. The number of nitrogens with one attached hydrogen (secondary N) is 2. The van der Waals surface area contributed by atoms with E-state index in [4.69, 9.17) is 0 Å². The van der Waals surface area contributed by atoms with Gasteiger partial charge < -0.3 is 10.3 Å². The van der Waals surface area contributed by atoms with Crippen molar-refractivity contribution in [3.63, 3.8) is 0 Å². The zero-order chi connectivity index (χ0) is 12.5. The molecule has 3 nitrogen and oxygen atoms in total. The average Bonchev–Trinajstić information content (AvgIpc) is 3.20. The van der Waals surface area contributed by atoms with Crippen molar-refractivity contribution in [3.8, 4) is 0 Å². The fourth-order valence-corrected chi connectivity index (χ4v) is 2.41. The summed E-state index contributed by atoms with van der Waals surface area (Å²) in [5.41, 5.74) is -0.0188. The molecule has 1 unspecified atom stereocenters. The Kier molecular flexibility index (Phi) is 2.82. The fourth-order valence-electron chi connectivity index (χ4n) is 2.41. The van der Waals surface area contributed by atoms with Crippen LogP contribution in [0, 0.1) is 11.8 Å². The predicted octanol–water partition coefficient (Wildman–Crippen LogP) is 2.99. The molecule has 0 amide bonds. The van der Waals surface area contributed by atoms with Crippen molar-refractivity contribution in [1.29, 1.82) is 0 Å². The van der Waals surface area contributed by atoms with Crippen LogP contribution in [0.3, 0.4) is 0 Å². The first kappa shape index (κ1) is 11.3. The van der Waals surface area contributed by atoms with Crippen molar-refractivity contribution in [1.82, 2.24) is 4.98 Å². The van der Waals surface area contributed by atoms with E-state index in [0.717, 1.165) is 29.1 Å². The molecule has 1 aromatic carbocycles. The monoisotopic (exact) mass is 242 g/mol. The van der Waals surface area contributed by atoms with E-state index in [1.54, 1.807) is 0 Å². The normalized spacial score (nSPS) is 16.7. The van der Waals surface area contributed by atoms with E-state index < -0.39 is 0 Å². The smallest absolute Gasteiger partial charge is 0.257 e. The second kappa shape index (κ2) is 4.48. The van der Waals surface area contributed by atoms with Crippen molar-refractivity contribution < 1.29 is 0 Å². The van der Waals surface area contributed by atoms with Crippen LogP contribution < -0.4 is 10.9 Å². The molecule has 2 N–H and O–H groups in total. The minimum absolute atomic E-state index is 0.0188. The zero-order valence-corrected chi connectivity index (χ0v) is 10.6. The van der Waals surface area contributed by atoms with E-state index in [1.807, 2.05) is 30.3 Å². The number of hydrogen-bond donors (Lipinski definition) is 2. The van der Waals surface area contributed by atoms with E-state index in [9.17, 15) is 4.79 Å². The lowest BCUT2D eigenvalue weighted by Crippen LogP contribution is -2.16. The molecule has 1 atom stereocenters. The summed E-state index contributed by atoms with van der Waals surface area (Å²) in [5.74, 6) is 2.39. The van der Waals surface area contributed by atoms with Gasteiger partial charge in [-0.15, -0.1) is 0 Å². The third-order valence-corrected chi connectivity index (χ3v) is 3.79. The van der Waals surface area contributed by atoms with Crippen molar-refractivity contribution in [3.05, 3.63) is 40.7 Å². The number of benzene rings is 1. The highest BCUT2D eigenvalue weighted by Gasteiger charge is 2.27. The van der Waals surface area contributed by atoms with Crippen molar-refractivity contribution >= 4 is 16.6 Å². The lowest BCUT2D eigenvalue weighted by atomic mass is 10.1. The largest absolute Gasteiger partial charge is 0.371 e. The SMILES string of the molecule is CC(CNc1cc2ccccc2c(=O)[nH]1)C1CC1. The topological polar surface area (TPSA) is 44.9 Å². The molecule has 0 radical (unpaired) electrons. The second-order valence-corrected chi connectivity index (χ2v) is 5.30. The Labute approximate surface area is 106 Å². The highest BCUT2D eigenvalue weighted by atomic mass is 16.1. The van der Waals surface area contributed by atoms with Crippen LogP contribution >= 0.6 is 0 Å². The Morgan fingerprint density at radius 3 is 2.94 bits per heavy atom. The number of hydrogen-bond acceptors (Lipinski definition) is 2. The average molecular weight is 242 g/mol. The molecule has 0 aliphatic heterocycles. The first-order valence-corrected chi connectivity index (χ1v) is 6.60. The maximum Gasteiger partial charge on any atom is 0.257 e. The molecular weight excluding hydrogens is 224 g/mol. The van der Waals surface area contributed by atoms with Gasteiger partial charge in [-0.25, -0.2) is 0 Å². The van der Waals surface area contributed by atoms with Gasteiger partial charge in [-0.2, -0.15) is 0 Å². The van der Waals surface area contributed by atoms with Crippen LogP contribution in [0.4, 0.5) is 5.82 Å². The van der Waals surface area contributed by atoms with Crippen molar-refractivity contribution in [2.24, 2.45) is 11.8 Å². The molecule has 3 rings (SSSR count). The third-order valence-electron chi connectivity index (χ3n) is 3.79. The second-order valence-electron chi connectivity index (χ2n) is 5.30. The highest BCUT2D eigenvalue weighted by Crippen LogP contribution is 2.36. The summed E-state index contributed by atoms with van der Waals surface area (Å²) in [5, 5.41) is 5.08. The van der Waals surface area contributed by atoms with Gasteiger partial charge in [0.15, 0.2) is 0 Å². The summed E-state index contributed by atoms with van der Waals surface area (Å²) < 4.78 is 0. The van der Waals surface area contributed by atoms with Crippen LogP contribution in [0.5, 0.6) is 0 Å². The van der Waals surface area contributed by atoms with Crippen LogP contribution in [0.25, 0.3) is 10.8 Å². The van der Waals surface area contributed by atoms with Gasteiger partial charge in [-0.1, -0.05) is 25.1 Å². The van der Waals surface area contributed by atoms with Gasteiger partial charge in [0.1, 0.15) is 5.82 Å². The van der Waals surface area contributed by atoms with Gasteiger partial charge in [0.25, 0.3) is 5.56 Å². The standard InChI is InChI=1S/C15H18N2O/c1-10(11-6-7-11)9-16-14-8-12-4-2-3-5-13(12)15(18)17-14/h2-5,8,10-11H,6-7,9H2,1H3,(H2,16,17,18). The van der Waals surface area contributed by atoms with Gasteiger partial charge in [0.2, 0.25) is 0 Å². The molecule has 0 saturated heterocycles. The van der Waals surface area contributed by atoms with Crippen LogP contribution in [0.2, 0.25) is 0 Å². The number of H-pyrrole nitrogens is 1. The molecule has 1 aromatic heterocycles. The predicted molar refractivity (Wildman–Crippen MR) is 74.9 cm³/mol. The Morgan fingerprint density at radius 2 is 2.17 bits per heavy atom. The summed E-state index contributed by atoms with van der Waals surface area (Å²) in [6.45, 7) is 3.20. The van der Waals surface area contributed by atoms with E-state index in [-0.39, 0.29) is 5.56 Å². The summed E-state index contributed by atoms with van der Waals surface area (Å²) in [7, 11) is 0. The molecule has 1 saturated carbocycles. The Balaban J connectivity index is 1.81. The third kappa shape index (κ3) is 2.26. The van der Waals surface area contributed by atoms with E-state index in [2.05, 4.69) is 17.2 Å². The fraction of sp³-hybridized carbons (Fsp3) is 0.400. The zero-order valence-electron chi connectivity index (χ0n) is 10.6. The number of pyridine rings is 1. The molecule has 0 bridgehead atoms. The minimum Gasteiger partial charge on any atom is -0.371 e. The molecule has 1 heterocycles. The summed E-state index contributed by atoms with van der Waals surface area (Å²) in [4.78, 5) is 14.8. The highest BCUT2D eigenvalue weighted by molar-refractivity contribution is 5.83. The molecule has 3 heteroatoms. The van der Waals surface area contributed by atoms with Crippen LogP contribution in [0.1, 0.15) is 19.8 Å². The first-order valence-electron chi connectivity index (χ1n) is 6.60. The summed E-state index contributed by atoms with van der Waals surface area (Å²) in [6.07, 6.45) is 2.72. The molecule has 94 valence electrons. The Hall–Kier alpha value is -1.77. The molecule has 18 heavy (non-hydrogen) atoms.